The van der Waals surface area contributed by atoms with Gasteiger partial charge in [-0.15, -0.1) is 0 Å². The molecule has 41 heavy (non-hydrogen) atoms. The summed E-state index contributed by atoms with van der Waals surface area (Å²) in [7, 11) is 0. The number of pyridine rings is 1. The van der Waals surface area contributed by atoms with Gasteiger partial charge in [0.1, 0.15) is 5.78 Å². The van der Waals surface area contributed by atoms with Gasteiger partial charge in [-0.05, 0) is 24.2 Å². The summed E-state index contributed by atoms with van der Waals surface area (Å²) in [6.07, 6.45) is 0.502. The molecule has 14 nitrogen and oxygen atoms in total. The van der Waals surface area contributed by atoms with Crippen LogP contribution in [0.5, 0.6) is 0 Å². The zero-order valence-corrected chi connectivity index (χ0v) is 23.2. The third kappa shape index (κ3) is 11.9. The minimum atomic E-state index is -1.19. The van der Waals surface area contributed by atoms with E-state index in [1.165, 1.54) is 11.0 Å². The normalized spacial score (nSPS) is 11.3. The number of Topliss-reactive ketones (excluding diaryl/α,β-unsaturated/α-hetero) is 1. The highest BCUT2D eigenvalue weighted by atomic mass is 16.4. The number of benzene rings is 1. The molecule has 2 aromatic rings. The maximum atomic E-state index is 12.8. The van der Waals surface area contributed by atoms with Crippen molar-refractivity contribution >= 4 is 46.2 Å². The number of ketones is 1. The molecule has 0 saturated carbocycles. The van der Waals surface area contributed by atoms with Crippen molar-refractivity contribution in [1.29, 1.82) is 0 Å². The molecule has 1 heterocycles. The van der Waals surface area contributed by atoms with Crippen molar-refractivity contribution in [3.05, 3.63) is 40.2 Å². The number of carbonyl (C=O) groups excluding carboxylic acids is 2. The van der Waals surface area contributed by atoms with Crippen molar-refractivity contribution in [2.75, 3.05) is 64.2 Å². The number of aliphatic carboxylic acids is 3. The first kappa shape index (κ1) is 33.1. The first-order valence-electron chi connectivity index (χ1n) is 13.2. The van der Waals surface area contributed by atoms with Gasteiger partial charge in [-0.1, -0.05) is 19.9 Å². The molecule has 0 aliphatic heterocycles. The third-order valence-electron chi connectivity index (χ3n) is 6.35. The van der Waals surface area contributed by atoms with Gasteiger partial charge in [0.2, 0.25) is 11.5 Å². The average Bonchev–Trinajstić information content (AvgIpc) is 2.87. The van der Waals surface area contributed by atoms with Crippen LogP contribution in [0.3, 0.4) is 0 Å². The van der Waals surface area contributed by atoms with Crippen molar-refractivity contribution in [2.24, 2.45) is 0 Å². The molecule has 1 amide bonds. The van der Waals surface area contributed by atoms with E-state index in [4.69, 9.17) is 10.2 Å². The fourth-order valence-electron chi connectivity index (χ4n) is 4.27. The number of carboxylic acid groups (broad SMARTS) is 3. The van der Waals surface area contributed by atoms with Crippen LogP contribution in [0.15, 0.2) is 29.1 Å². The van der Waals surface area contributed by atoms with Crippen molar-refractivity contribution in [2.45, 2.75) is 26.7 Å². The lowest BCUT2D eigenvalue weighted by molar-refractivity contribution is -0.143. The molecule has 2 rings (SSSR count). The molecule has 0 spiro atoms. The second-order valence-electron chi connectivity index (χ2n) is 9.57. The van der Waals surface area contributed by atoms with Crippen molar-refractivity contribution in [1.82, 2.24) is 19.7 Å². The summed E-state index contributed by atoms with van der Waals surface area (Å²) in [6.45, 7) is 3.51. The van der Waals surface area contributed by atoms with Gasteiger partial charge in [-0.2, -0.15) is 0 Å². The van der Waals surface area contributed by atoms with Gasteiger partial charge < -0.3 is 25.6 Å². The Morgan fingerprint density at radius 1 is 0.780 bits per heavy atom. The van der Waals surface area contributed by atoms with E-state index in [1.54, 1.807) is 34.9 Å². The Balaban J connectivity index is 2.01. The van der Waals surface area contributed by atoms with Crippen molar-refractivity contribution in [3.8, 4) is 0 Å². The summed E-state index contributed by atoms with van der Waals surface area (Å²) in [6, 6.07) is 6.44. The molecule has 0 aliphatic carbocycles. The summed E-state index contributed by atoms with van der Waals surface area (Å²) in [5.74, 6) is -3.79. The number of amides is 1. The smallest absolute Gasteiger partial charge is 0.317 e. The number of likely N-dealkylation sites (N-methyl/N-ethyl adjacent to an activating group) is 1. The van der Waals surface area contributed by atoms with E-state index >= 15 is 0 Å². The molecule has 5 N–H and O–H groups in total. The van der Waals surface area contributed by atoms with Crippen LogP contribution in [0.1, 0.15) is 25.8 Å². The molecule has 0 saturated heterocycles. The van der Waals surface area contributed by atoms with Gasteiger partial charge >= 0.3 is 17.9 Å². The fraction of sp³-hybridized carbons (Fsp3) is 0.481. The molecule has 0 unspecified atom stereocenters. The number of fused-ring (bicyclic) bond motifs is 1. The monoisotopic (exact) mass is 575 g/mol. The van der Waals surface area contributed by atoms with Crippen LogP contribution >= 0.6 is 0 Å². The Labute approximate surface area is 236 Å². The Hall–Kier alpha value is -4.14. The van der Waals surface area contributed by atoms with Gasteiger partial charge in [0.25, 0.3) is 0 Å². The Bertz CT molecular complexity index is 1290. The molecule has 14 heteroatoms. The van der Waals surface area contributed by atoms with E-state index in [9.17, 15) is 33.9 Å². The topological polar surface area (TPSA) is 201 Å². The molecule has 0 radical (unpaired) electrons. The first-order chi connectivity index (χ1) is 19.4. The highest BCUT2D eigenvalue weighted by Gasteiger charge is 2.18. The number of rotatable bonds is 19. The predicted octanol–water partition coefficient (Wildman–Crippen LogP) is 0.168. The standard InChI is InChI=1S/C27H37N5O9/c1-3-20(33)11-18-12-23(34)29-22-13-19(5-6-21(18)22)28-24(35)14-30(4-2)7-8-31(15-25(36)37)9-10-32(16-26(38)39)17-27(40)41/h5-6,12-13H,3-4,7-11,14-17H2,1-2H3,(H,28,35)(H,29,34)(H,36,37)(H,38,39)(H,40,41). The Kier molecular flexibility index (Phi) is 13.1. The summed E-state index contributed by atoms with van der Waals surface area (Å²) >= 11 is 0. The number of nitrogens with zero attached hydrogens (tertiary/aromatic N) is 3. The molecule has 1 aromatic heterocycles. The van der Waals surface area contributed by atoms with E-state index in [0.717, 1.165) is 0 Å². The number of aromatic nitrogens is 1. The van der Waals surface area contributed by atoms with Crippen LogP contribution in [0, 0.1) is 0 Å². The van der Waals surface area contributed by atoms with Crippen LogP contribution < -0.4 is 10.9 Å². The minimum absolute atomic E-state index is 0.00115. The summed E-state index contributed by atoms with van der Waals surface area (Å²) in [4.78, 5) is 77.5. The number of carbonyl (C=O) groups is 5. The third-order valence-corrected chi connectivity index (χ3v) is 6.35. The number of hydrogen-bond acceptors (Lipinski definition) is 9. The highest BCUT2D eigenvalue weighted by Crippen LogP contribution is 2.20. The zero-order valence-electron chi connectivity index (χ0n) is 23.2. The first-order valence-corrected chi connectivity index (χ1v) is 13.2. The van der Waals surface area contributed by atoms with Crippen LogP contribution in [-0.2, 0) is 30.4 Å². The van der Waals surface area contributed by atoms with Gasteiger partial charge in [-0.3, -0.25) is 43.5 Å². The average molecular weight is 576 g/mol. The minimum Gasteiger partial charge on any atom is -0.480 e. The predicted molar refractivity (Wildman–Crippen MR) is 150 cm³/mol. The molecule has 0 fully saturated rings. The maximum Gasteiger partial charge on any atom is 0.317 e. The van der Waals surface area contributed by atoms with Crippen molar-refractivity contribution < 1.29 is 39.3 Å². The maximum absolute atomic E-state index is 12.8. The van der Waals surface area contributed by atoms with E-state index in [-0.39, 0.29) is 56.4 Å². The second-order valence-corrected chi connectivity index (χ2v) is 9.57. The summed E-state index contributed by atoms with van der Waals surface area (Å²) in [5.41, 5.74) is 1.21. The van der Waals surface area contributed by atoms with Gasteiger partial charge in [0.05, 0.1) is 31.7 Å². The van der Waals surface area contributed by atoms with Gasteiger partial charge in [0, 0.05) is 56.2 Å². The number of carboxylic acids is 3. The molecule has 0 bridgehead atoms. The molecular formula is C27H37N5O9. The second kappa shape index (κ2) is 16.2. The van der Waals surface area contributed by atoms with E-state index < -0.39 is 31.0 Å². The Morgan fingerprint density at radius 2 is 1.34 bits per heavy atom. The van der Waals surface area contributed by atoms with Gasteiger partial charge in [-0.25, -0.2) is 0 Å². The lowest BCUT2D eigenvalue weighted by Gasteiger charge is -2.27. The molecular weight excluding hydrogens is 538 g/mol. The molecule has 224 valence electrons. The van der Waals surface area contributed by atoms with Crippen LogP contribution in [-0.4, -0.2) is 124 Å². The number of H-pyrrole nitrogens is 1. The quantitative estimate of drug-likeness (QED) is 0.152. The zero-order chi connectivity index (χ0) is 30.5. The molecule has 0 aliphatic rings. The van der Waals surface area contributed by atoms with E-state index in [0.29, 0.717) is 41.7 Å². The fourth-order valence-corrected chi connectivity index (χ4v) is 4.27. The molecule has 0 atom stereocenters. The van der Waals surface area contributed by atoms with E-state index in [2.05, 4.69) is 10.3 Å². The lowest BCUT2D eigenvalue weighted by Crippen LogP contribution is -2.45. The Morgan fingerprint density at radius 3 is 1.90 bits per heavy atom. The van der Waals surface area contributed by atoms with E-state index in [1.807, 2.05) is 6.92 Å². The van der Waals surface area contributed by atoms with Crippen LogP contribution in [0.2, 0.25) is 0 Å². The largest absolute Gasteiger partial charge is 0.480 e. The summed E-state index contributed by atoms with van der Waals surface area (Å²) in [5, 5.41) is 30.8. The van der Waals surface area contributed by atoms with Crippen LogP contribution in [0.4, 0.5) is 5.69 Å². The number of aromatic amines is 1. The van der Waals surface area contributed by atoms with Crippen molar-refractivity contribution in [3.63, 3.8) is 0 Å². The highest BCUT2D eigenvalue weighted by molar-refractivity contribution is 5.96. The SMILES string of the molecule is CCC(=O)Cc1cc(=O)[nH]c2cc(NC(=O)CN(CC)CCN(CCN(CC(=O)O)CC(=O)O)CC(=O)O)ccc12. The number of nitrogens with one attached hydrogen (secondary N) is 2. The molecule has 1 aromatic carbocycles. The lowest BCUT2D eigenvalue weighted by atomic mass is 10.0. The summed E-state index contributed by atoms with van der Waals surface area (Å²) < 4.78 is 0. The number of anilines is 1. The van der Waals surface area contributed by atoms with Crippen LogP contribution in [0.25, 0.3) is 10.9 Å². The number of hydrogen-bond donors (Lipinski definition) is 5. The van der Waals surface area contributed by atoms with Gasteiger partial charge in [0.15, 0.2) is 0 Å².